The first-order chi connectivity index (χ1) is 8.16. The predicted molar refractivity (Wildman–Crippen MR) is 57.1 cm³/mol. The number of anilines is 1. The summed E-state index contributed by atoms with van der Waals surface area (Å²) in [6.45, 7) is 0. The molecule has 0 aliphatic heterocycles. The fraction of sp³-hybridized carbons (Fsp3) is 0. The fourth-order valence-corrected chi connectivity index (χ4v) is 1.17. The van der Waals surface area contributed by atoms with E-state index in [4.69, 9.17) is 5.11 Å². The maximum absolute atomic E-state index is 11.3. The Bertz CT molecular complexity index is 603. The molecule has 0 atom stereocenters. The van der Waals surface area contributed by atoms with Crippen molar-refractivity contribution in [3.8, 4) is 0 Å². The molecule has 3 N–H and O–H groups in total. The van der Waals surface area contributed by atoms with Crippen molar-refractivity contribution in [3.63, 3.8) is 0 Å². The maximum atomic E-state index is 11.3. The number of aliphatic carboxylic acids is 1. The van der Waals surface area contributed by atoms with Gasteiger partial charge in [-0.25, -0.2) is 19.7 Å². The highest BCUT2D eigenvalue weighted by molar-refractivity contribution is 6.04. The van der Waals surface area contributed by atoms with E-state index in [2.05, 4.69) is 25.3 Å². The lowest BCUT2D eigenvalue weighted by molar-refractivity contribution is -0.131. The van der Waals surface area contributed by atoms with Gasteiger partial charge in [0.15, 0.2) is 11.5 Å². The third-order valence-electron chi connectivity index (χ3n) is 1.84. The number of aromatic nitrogens is 4. The van der Waals surface area contributed by atoms with E-state index < -0.39 is 11.9 Å². The van der Waals surface area contributed by atoms with Crippen LogP contribution in [0.4, 0.5) is 5.82 Å². The summed E-state index contributed by atoms with van der Waals surface area (Å²) in [5, 5.41) is 10.8. The second-order valence-electron chi connectivity index (χ2n) is 2.98. The molecule has 0 aliphatic rings. The lowest BCUT2D eigenvalue weighted by atomic mass is 10.4. The van der Waals surface area contributed by atoms with E-state index in [0.717, 1.165) is 12.2 Å². The third-order valence-corrected chi connectivity index (χ3v) is 1.84. The van der Waals surface area contributed by atoms with Crippen LogP contribution in [0, 0.1) is 0 Å². The first-order valence-corrected chi connectivity index (χ1v) is 4.53. The number of fused-ring (bicyclic) bond motifs is 1. The molecule has 0 fully saturated rings. The van der Waals surface area contributed by atoms with Crippen LogP contribution in [-0.2, 0) is 9.59 Å². The van der Waals surface area contributed by atoms with Gasteiger partial charge in [0.1, 0.15) is 11.8 Å². The number of amides is 1. The summed E-state index contributed by atoms with van der Waals surface area (Å²) in [5.74, 6) is -1.55. The minimum absolute atomic E-state index is 0.243. The van der Waals surface area contributed by atoms with E-state index >= 15 is 0 Å². The number of carboxylic acid groups (broad SMARTS) is 1. The maximum Gasteiger partial charge on any atom is 0.328 e. The van der Waals surface area contributed by atoms with Gasteiger partial charge in [-0.3, -0.25) is 4.79 Å². The second kappa shape index (κ2) is 4.39. The molecule has 0 bridgehead atoms. The van der Waals surface area contributed by atoms with Crippen molar-refractivity contribution < 1.29 is 14.7 Å². The van der Waals surface area contributed by atoms with Crippen LogP contribution in [0.15, 0.2) is 24.8 Å². The molecule has 1 amide bonds. The Morgan fingerprint density at radius 1 is 1.29 bits per heavy atom. The zero-order valence-electron chi connectivity index (χ0n) is 8.41. The van der Waals surface area contributed by atoms with Crippen molar-refractivity contribution >= 4 is 28.9 Å². The van der Waals surface area contributed by atoms with Crippen molar-refractivity contribution in [2.45, 2.75) is 0 Å². The van der Waals surface area contributed by atoms with Crippen LogP contribution in [0.3, 0.4) is 0 Å². The number of rotatable bonds is 3. The Balaban J connectivity index is 2.21. The monoisotopic (exact) mass is 233 g/mol. The zero-order chi connectivity index (χ0) is 12.3. The summed E-state index contributed by atoms with van der Waals surface area (Å²) in [5.41, 5.74) is 0.891. The van der Waals surface area contributed by atoms with Crippen LogP contribution in [0.25, 0.3) is 11.2 Å². The summed E-state index contributed by atoms with van der Waals surface area (Å²) >= 11 is 0. The number of carboxylic acids is 1. The van der Waals surface area contributed by atoms with Gasteiger partial charge in [0, 0.05) is 12.2 Å². The number of carbonyl (C=O) groups is 2. The van der Waals surface area contributed by atoms with Crippen molar-refractivity contribution in [2.24, 2.45) is 0 Å². The van der Waals surface area contributed by atoms with Crippen LogP contribution in [0.1, 0.15) is 0 Å². The molecular weight excluding hydrogens is 226 g/mol. The Morgan fingerprint density at radius 2 is 2.12 bits per heavy atom. The molecule has 2 aromatic heterocycles. The SMILES string of the molecule is O=C(O)/C=C\C(=O)Nc1ncnc2nc[nH]c12. The highest BCUT2D eigenvalue weighted by Crippen LogP contribution is 2.13. The molecule has 0 saturated carbocycles. The quantitative estimate of drug-likeness (QED) is 0.638. The van der Waals surface area contributed by atoms with Crippen LogP contribution in [0.5, 0.6) is 0 Å². The van der Waals surface area contributed by atoms with Gasteiger partial charge < -0.3 is 15.4 Å². The summed E-state index contributed by atoms with van der Waals surface area (Å²) in [6, 6.07) is 0. The molecule has 0 aromatic carbocycles. The number of aromatic amines is 1. The molecule has 86 valence electrons. The van der Waals surface area contributed by atoms with E-state index in [0.29, 0.717) is 11.2 Å². The zero-order valence-corrected chi connectivity index (χ0v) is 8.41. The van der Waals surface area contributed by atoms with Gasteiger partial charge in [-0.15, -0.1) is 0 Å². The summed E-state index contributed by atoms with van der Waals surface area (Å²) in [7, 11) is 0. The normalized spacial score (nSPS) is 10.8. The molecule has 0 saturated heterocycles. The van der Waals surface area contributed by atoms with Gasteiger partial charge in [-0.05, 0) is 0 Å². The lowest BCUT2D eigenvalue weighted by Crippen LogP contribution is -2.10. The molecule has 17 heavy (non-hydrogen) atoms. The molecule has 0 unspecified atom stereocenters. The number of H-pyrrole nitrogens is 1. The van der Waals surface area contributed by atoms with Crippen LogP contribution in [0.2, 0.25) is 0 Å². The second-order valence-corrected chi connectivity index (χ2v) is 2.98. The van der Waals surface area contributed by atoms with E-state index in [1.807, 2.05) is 0 Å². The van der Waals surface area contributed by atoms with E-state index in [1.54, 1.807) is 0 Å². The Morgan fingerprint density at radius 3 is 2.88 bits per heavy atom. The molecule has 8 nitrogen and oxygen atoms in total. The molecule has 2 heterocycles. The fourth-order valence-electron chi connectivity index (χ4n) is 1.17. The van der Waals surface area contributed by atoms with Crippen molar-refractivity contribution in [1.82, 2.24) is 19.9 Å². The first-order valence-electron chi connectivity index (χ1n) is 4.53. The largest absolute Gasteiger partial charge is 0.478 e. The summed E-state index contributed by atoms with van der Waals surface area (Å²) < 4.78 is 0. The minimum Gasteiger partial charge on any atom is -0.478 e. The number of nitrogens with zero attached hydrogens (tertiary/aromatic N) is 3. The average molecular weight is 233 g/mol. The highest BCUT2D eigenvalue weighted by atomic mass is 16.4. The van der Waals surface area contributed by atoms with Gasteiger partial charge in [-0.2, -0.15) is 0 Å². The summed E-state index contributed by atoms with van der Waals surface area (Å²) in [4.78, 5) is 35.9. The smallest absolute Gasteiger partial charge is 0.328 e. The molecule has 0 radical (unpaired) electrons. The highest BCUT2D eigenvalue weighted by Gasteiger charge is 2.07. The lowest BCUT2D eigenvalue weighted by Gasteiger charge is -2.00. The molecule has 0 spiro atoms. The number of carbonyl (C=O) groups excluding carboxylic acids is 1. The van der Waals surface area contributed by atoms with E-state index in [9.17, 15) is 9.59 Å². The van der Waals surface area contributed by atoms with Crippen LogP contribution in [-0.4, -0.2) is 36.9 Å². The number of hydrogen-bond acceptors (Lipinski definition) is 5. The van der Waals surface area contributed by atoms with Gasteiger partial charge in [0.2, 0.25) is 5.91 Å². The standard InChI is InChI=1S/C9H7N5O3/c15-5(1-2-6(16)17)14-9-7-8(11-3-10-7)12-4-13-9/h1-4H,(H,16,17)(H2,10,11,12,13,14,15)/b2-1-. The van der Waals surface area contributed by atoms with Crippen LogP contribution >= 0.6 is 0 Å². The summed E-state index contributed by atoms with van der Waals surface area (Å²) in [6.07, 6.45) is 4.30. The Kier molecular flexibility index (Phi) is 2.77. The molecule has 0 aliphatic carbocycles. The minimum atomic E-state index is -1.20. The topological polar surface area (TPSA) is 121 Å². The van der Waals surface area contributed by atoms with E-state index in [1.165, 1.54) is 12.7 Å². The molecular formula is C9H7N5O3. The van der Waals surface area contributed by atoms with Crippen molar-refractivity contribution in [3.05, 3.63) is 24.8 Å². The number of hydrogen-bond donors (Lipinski definition) is 3. The van der Waals surface area contributed by atoms with E-state index in [-0.39, 0.29) is 5.82 Å². The number of nitrogens with one attached hydrogen (secondary N) is 2. The number of imidazole rings is 1. The first kappa shape index (κ1) is 10.7. The predicted octanol–water partition coefficient (Wildman–Crippen LogP) is -0.0678. The molecule has 2 rings (SSSR count). The molecule has 8 heteroatoms. The van der Waals surface area contributed by atoms with Crippen molar-refractivity contribution in [2.75, 3.05) is 5.32 Å². The third kappa shape index (κ3) is 2.43. The Labute approximate surface area is 94.4 Å². The van der Waals surface area contributed by atoms with Gasteiger partial charge >= 0.3 is 5.97 Å². The average Bonchev–Trinajstić information content (AvgIpc) is 2.75. The van der Waals surface area contributed by atoms with Gasteiger partial charge in [-0.1, -0.05) is 0 Å². The van der Waals surface area contributed by atoms with Gasteiger partial charge in [0.25, 0.3) is 0 Å². The Hall–Kier alpha value is -2.77. The van der Waals surface area contributed by atoms with Crippen molar-refractivity contribution in [1.29, 1.82) is 0 Å². The van der Waals surface area contributed by atoms with Crippen LogP contribution < -0.4 is 5.32 Å². The molecule has 2 aromatic rings. The van der Waals surface area contributed by atoms with Gasteiger partial charge in [0.05, 0.1) is 6.33 Å².